The Morgan fingerprint density at radius 3 is 2.44 bits per heavy atom. The lowest BCUT2D eigenvalue weighted by molar-refractivity contribution is 0.236. The SMILES string of the molecule is Cc1cc(Br)cc(N)c1NS(=O)(=O)C(F)F. The van der Waals surface area contributed by atoms with Crippen LogP contribution < -0.4 is 10.5 Å². The summed E-state index contributed by atoms with van der Waals surface area (Å²) in [6, 6.07) is 3.00. The van der Waals surface area contributed by atoms with Crippen LogP contribution in [0.15, 0.2) is 16.6 Å². The molecule has 0 atom stereocenters. The minimum atomic E-state index is -4.69. The number of aryl methyl sites for hydroxylation is 1. The van der Waals surface area contributed by atoms with Gasteiger partial charge in [0.15, 0.2) is 0 Å². The molecule has 0 heterocycles. The fourth-order valence-corrected chi connectivity index (χ4v) is 2.34. The number of alkyl halides is 2. The lowest BCUT2D eigenvalue weighted by Gasteiger charge is -2.12. The maximum absolute atomic E-state index is 12.1. The first-order valence-electron chi connectivity index (χ1n) is 4.09. The van der Waals surface area contributed by atoms with Crippen molar-refractivity contribution in [2.75, 3.05) is 10.5 Å². The number of benzene rings is 1. The number of nitrogens with one attached hydrogen (secondary N) is 1. The van der Waals surface area contributed by atoms with Gasteiger partial charge in [0.2, 0.25) is 0 Å². The Labute approximate surface area is 100 Å². The Hall–Kier alpha value is -0.890. The first-order chi connectivity index (χ1) is 7.24. The van der Waals surface area contributed by atoms with Crippen molar-refractivity contribution < 1.29 is 17.2 Å². The monoisotopic (exact) mass is 314 g/mol. The summed E-state index contributed by atoms with van der Waals surface area (Å²) in [7, 11) is -4.69. The van der Waals surface area contributed by atoms with Crippen LogP contribution in [0.4, 0.5) is 20.2 Å². The molecule has 1 rings (SSSR count). The first kappa shape index (κ1) is 13.2. The summed E-state index contributed by atoms with van der Waals surface area (Å²) >= 11 is 3.15. The van der Waals surface area contributed by atoms with Crippen molar-refractivity contribution in [1.29, 1.82) is 0 Å². The van der Waals surface area contributed by atoms with Gasteiger partial charge in [0.1, 0.15) is 0 Å². The van der Waals surface area contributed by atoms with Crippen molar-refractivity contribution in [3.8, 4) is 0 Å². The second-order valence-electron chi connectivity index (χ2n) is 3.09. The number of nitrogen functional groups attached to an aromatic ring is 1. The van der Waals surface area contributed by atoms with Crippen molar-refractivity contribution >= 4 is 37.3 Å². The molecule has 0 amide bonds. The lowest BCUT2D eigenvalue weighted by atomic mass is 10.2. The summed E-state index contributed by atoms with van der Waals surface area (Å²) in [5.74, 6) is -3.49. The van der Waals surface area contributed by atoms with E-state index >= 15 is 0 Å². The largest absolute Gasteiger partial charge is 0.397 e. The molecule has 90 valence electrons. The van der Waals surface area contributed by atoms with Crippen LogP contribution in [0, 0.1) is 6.92 Å². The molecular formula is C8H9BrF2N2O2S. The molecule has 0 saturated carbocycles. The van der Waals surface area contributed by atoms with Gasteiger partial charge in [-0.25, -0.2) is 8.42 Å². The predicted molar refractivity (Wildman–Crippen MR) is 61.8 cm³/mol. The van der Waals surface area contributed by atoms with E-state index in [1.165, 1.54) is 6.07 Å². The van der Waals surface area contributed by atoms with Gasteiger partial charge < -0.3 is 5.73 Å². The van der Waals surface area contributed by atoms with E-state index in [1.54, 1.807) is 17.7 Å². The van der Waals surface area contributed by atoms with Gasteiger partial charge >= 0.3 is 5.76 Å². The van der Waals surface area contributed by atoms with E-state index in [4.69, 9.17) is 5.73 Å². The number of hydrogen-bond donors (Lipinski definition) is 2. The van der Waals surface area contributed by atoms with Gasteiger partial charge in [0.25, 0.3) is 10.0 Å². The molecule has 0 unspecified atom stereocenters. The highest BCUT2D eigenvalue weighted by atomic mass is 79.9. The molecule has 16 heavy (non-hydrogen) atoms. The Morgan fingerprint density at radius 2 is 2.00 bits per heavy atom. The minimum absolute atomic E-state index is 0.0245. The second-order valence-corrected chi connectivity index (χ2v) is 5.66. The standard InChI is InChI=1S/C8H9BrF2N2O2S/c1-4-2-5(9)3-6(12)7(4)13-16(14,15)8(10)11/h2-3,8,13H,12H2,1H3. The summed E-state index contributed by atoms with van der Waals surface area (Å²) in [6.45, 7) is 1.56. The molecule has 0 aliphatic carbocycles. The van der Waals surface area contributed by atoms with Crippen LogP contribution in [-0.2, 0) is 10.0 Å². The molecule has 1 aromatic carbocycles. The highest BCUT2D eigenvalue weighted by Gasteiger charge is 2.25. The summed E-state index contributed by atoms with van der Waals surface area (Å²) in [5, 5.41) is 0. The van der Waals surface area contributed by atoms with E-state index in [1.807, 2.05) is 0 Å². The first-order valence-corrected chi connectivity index (χ1v) is 6.43. The molecule has 4 nitrogen and oxygen atoms in total. The number of rotatable bonds is 3. The number of halogens is 3. The lowest BCUT2D eigenvalue weighted by Crippen LogP contribution is -2.21. The van der Waals surface area contributed by atoms with E-state index in [2.05, 4.69) is 15.9 Å². The third-order valence-corrected chi connectivity index (χ3v) is 3.23. The number of nitrogens with two attached hydrogens (primary N) is 1. The van der Waals surface area contributed by atoms with E-state index in [0.29, 0.717) is 10.0 Å². The molecule has 0 aromatic heterocycles. The number of hydrogen-bond acceptors (Lipinski definition) is 3. The number of anilines is 2. The Balaban J connectivity index is 3.17. The zero-order valence-electron chi connectivity index (χ0n) is 8.17. The minimum Gasteiger partial charge on any atom is -0.397 e. The van der Waals surface area contributed by atoms with Crippen LogP contribution in [0.2, 0.25) is 0 Å². The molecule has 0 aliphatic heterocycles. The fourth-order valence-electron chi connectivity index (χ4n) is 1.10. The van der Waals surface area contributed by atoms with E-state index in [0.717, 1.165) is 0 Å². The highest BCUT2D eigenvalue weighted by molar-refractivity contribution is 9.10. The average Bonchev–Trinajstić information content (AvgIpc) is 2.11. The maximum Gasteiger partial charge on any atom is 0.355 e. The second kappa shape index (κ2) is 4.54. The quantitative estimate of drug-likeness (QED) is 0.841. The van der Waals surface area contributed by atoms with Crippen LogP contribution in [0.1, 0.15) is 5.56 Å². The smallest absolute Gasteiger partial charge is 0.355 e. The van der Waals surface area contributed by atoms with Crippen LogP contribution >= 0.6 is 15.9 Å². The molecule has 0 spiro atoms. The van der Waals surface area contributed by atoms with Crippen molar-refractivity contribution in [3.05, 3.63) is 22.2 Å². The zero-order chi connectivity index (χ0) is 12.5. The third kappa shape index (κ3) is 2.82. The molecule has 0 bridgehead atoms. The van der Waals surface area contributed by atoms with E-state index < -0.39 is 15.8 Å². The fraction of sp³-hybridized carbons (Fsp3) is 0.250. The van der Waals surface area contributed by atoms with Crippen molar-refractivity contribution in [2.45, 2.75) is 12.7 Å². The van der Waals surface area contributed by atoms with Gasteiger partial charge in [0, 0.05) is 4.47 Å². The maximum atomic E-state index is 12.1. The van der Waals surface area contributed by atoms with Crippen molar-refractivity contribution in [2.24, 2.45) is 0 Å². The summed E-state index contributed by atoms with van der Waals surface area (Å²) < 4.78 is 48.6. The normalized spacial score (nSPS) is 11.8. The van der Waals surface area contributed by atoms with Gasteiger partial charge in [-0.2, -0.15) is 8.78 Å². The molecular weight excluding hydrogens is 306 g/mol. The summed E-state index contributed by atoms with van der Waals surface area (Å²) in [5.41, 5.74) is 6.04. The van der Waals surface area contributed by atoms with Crippen molar-refractivity contribution in [3.63, 3.8) is 0 Å². The van der Waals surface area contributed by atoms with Gasteiger partial charge in [-0.05, 0) is 24.6 Å². The van der Waals surface area contributed by atoms with Gasteiger partial charge in [0.05, 0.1) is 11.4 Å². The van der Waals surface area contributed by atoms with Crippen LogP contribution in [0.3, 0.4) is 0 Å². The van der Waals surface area contributed by atoms with Crippen LogP contribution in [0.5, 0.6) is 0 Å². The highest BCUT2D eigenvalue weighted by Crippen LogP contribution is 2.29. The van der Waals surface area contributed by atoms with Crippen LogP contribution in [-0.4, -0.2) is 14.2 Å². The molecule has 8 heteroatoms. The molecule has 0 radical (unpaired) electrons. The van der Waals surface area contributed by atoms with Crippen LogP contribution in [0.25, 0.3) is 0 Å². The average molecular weight is 315 g/mol. The summed E-state index contributed by atoms with van der Waals surface area (Å²) in [6.07, 6.45) is 0. The van der Waals surface area contributed by atoms with Crippen molar-refractivity contribution in [1.82, 2.24) is 0 Å². The van der Waals surface area contributed by atoms with E-state index in [-0.39, 0.29) is 11.4 Å². The van der Waals surface area contributed by atoms with Gasteiger partial charge in [-0.1, -0.05) is 15.9 Å². The Kier molecular flexibility index (Phi) is 3.74. The Morgan fingerprint density at radius 1 is 1.44 bits per heavy atom. The molecule has 1 aromatic rings. The molecule has 0 fully saturated rings. The molecule has 3 N–H and O–H groups in total. The zero-order valence-corrected chi connectivity index (χ0v) is 10.6. The topological polar surface area (TPSA) is 72.2 Å². The van der Waals surface area contributed by atoms with E-state index in [9.17, 15) is 17.2 Å². The third-order valence-electron chi connectivity index (χ3n) is 1.81. The summed E-state index contributed by atoms with van der Waals surface area (Å²) in [4.78, 5) is 0. The van der Waals surface area contributed by atoms with Gasteiger partial charge in [-0.3, -0.25) is 4.72 Å². The predicted octanol–water partition coefficient (Wildman–Crippen LogP) is 2.30. The number of sulfonamides is 1. The molecule has 0 aliphatic rings. The van der Waals surface area contributed by atoms with Gasteiger partial charge in [-0.15, -0.1) is 0 Å². The molecule has 0 saturated heterocycles. The Bertz CT molecular complexity index is 482.